The Morgan fingerprint density at radius 2 is 2.07 bits per heavy atom. The number of hydrogen-bond acceptors (Lipinski definition) is 2. The lowest BCUT2D eigenvalue weighted by Crippen LogP contribution is -2.43. The first-order chi connectivity index (χ1) is 6.56. The lowest BCUT2D eigenvalue weighted by molar-refractivity contribution is -0.124. The van der Waals surface area contributed by atoms with E-state index >= 15 is 0 Å². The monoisotopic (exact) mass is 202 g/mol. The van der Waals surface area contributed by atoms with E-state index in [1.165, 1.54) is 0 Å². The van der Waals surface area contributed by atoms with Crippen LogP contribution in [-0.2, 0) is 4.79 Å². The van der Waals surface area contributed by atoms with Crippen molar-refractivity contribution in [1.82, 2.24) is 10.2 Å². The minimum atomic E-state index is -1.27. The van der Waals surface area contributed by atoms with Gasteiger partial charge in [0.1, 0.15) is 5.67 Å². The Bertz CT molecular complexity index is 200. The lowest BCUT2D eigenvalue weighted by Gasteiger charge is -2.33. The first-order valence-electron chi connectivity index (χ1n) is 5.20. The van der Waals surface area contributed by atoms with E-state index in [1.54, 1.807) is 0 Å². The highest BCUT2D eigenvalue weighted by atomic mass is 19.1. The second-order valence-electron chi connectivity index (χ2n) is 4.08. The fourth-order valence-corrected chi connectivity index (χ4v) is 1.74. The molecule has 1 fully saturated rings. The highest BCUT2D eigenvalue weighted by Gasteiger charge is 2.35. The van der Waals surface area contributed by atoms with Crippen molar-refractivity contribution in [2.75, 3.05) is 26.7 Å². The molecule has 0 radical (unpaired) electrons. The standard InChI is InChI=1S/C10H19FN2O/c1-3-12-9(14)8-10(11)4-6-13(2)7-5-10/h3-8H2,1-2H3,(H,12,14). The van der Waals surface area contributed by atoms with E-state index in [9.17, 15) is 9.18 Å². The number of amides is 1. The van der Waals surface area contributed by atoms with Crippen molar-refractivity contribution in [3.8, 4) is 0 Å². The van der Waals surface area contributed by atoms with Crippen LogP contribution < -0.4 is 5.32 Å². The van der Waals surface area contributed by atoms with Gasteiger partial charge in [0, 0.05) is 19.6 Å². The summed E-state index contributed by atoms with van der Waals surface area (Å²) < 4.78 is 14.0. The maximum Gasteiger partial charge on any atom is 0.223 e. The molecular formula is C10H19FN2O. The van der Waals surface area contributed by atoms with Crippen molar-refractivity contribution in [1.29, 1.82) is 0 Å². The molecule has 0 aromatic heterocycles. The molecule has 0 bridgehead atoms. The van der Waals surface area contributed by atoms with Crippen LogP contribution in [0, 0.1) is 0 Å². The summed E-state index contributed by atoms with van der Waals surface area (Å²) in [5.74, 6) is -0.167. The van der Waals surface area contributed by atoms with Gasteiger partial charge < -0.3 is 10.2 Å². The van der Waals surface area contributed by atoms with Crippen molar-refractivity contribution in [2.45, 2.75) is 31.9 Å². The van der Waals surface area contributed by atoms with E-state index in [-0.39, 0.29) is 12.3 Å². The lowest BCUT2D eigenvalue weighted by atomic mass is 9.90. The summed E-state index contributed by atoms with van der Waals surface area (Å²) in [6, 6.07) is 0. The van der Waals surface area contributed by atoms with E-state index in [2.05, 4.69) is 10.2 Å². The second-order valence-corrected chi connectivity index (χ2v) is 4.08. The van der Waals surface area contributed by atoms with Gasteiger partial charge in [-0.1, -0.05) is 0 Å². The van der Waals surface area contributed by atoms with Gasteiger partial charge in [-0.2, -0.15) is 0 Å². The summed E-state index contributed by atoms with van der Waals surface area (Å²) in [5.41, 5.74) is -1.27. The summed E-state index contributed by atoms with van der Waals surface area (Å²) >= 11 is 0. The number of hydrogen-bond donors (Lipinski definition) is 1. The van der Waals surface area contributed by atoms with Gasteiger partial charge in [-0.25, -0.2) is 4.39 Å². The molecule has 14 heavy (non-hydrogen) atoms. The number of halogens is 1. The molecule has 4 heteroatoms. The molecule has 1 aliphatic heterocycles. The third kappa shape index (κ3) is 3.25. The average Bonchev–Trinajstić information content (AvgIpc) is 2.11. The number of rotatable bonds is 3. The zero-order chi connectivity index (χ0) is 10.6. The fourth-order valence-electron chi connectivity index (χ4n) is 1.74. The molecule has 0 aromatic carbocycles. The summed E-state index contributed by atoms with van der Waals surface area (Å²) in [4.78, 5) is 13.3. The van der Waals surface area contributed by atoms with Crippen molar-refractivity contribution >= 4 is 5.91 Å². The molecule has 0 spiro atoms. The van der Waals surface area contributed by atoms with Crippen LogP contribution in [-0.4, -0.2) is 43.2 Å². The van der Waals surface area contributed by atoms with Gasteiger partial charge in [0.15, 0.2) is 0 Å². The van der Waals surface area contributed by atoms with Gasteiger partial charge in [0.2, 0.25) is 5.91 Å². The zero-order valence-corrected chi connectivity index (χ0v) is 8.98. The molecule has 1 heterocycles. The molecule has 3 nitrogen and oxygen atoms in total. The molecule has 1 rings (SSSR count). The summed E-state index contributed by atoms with van der Waals surface area (Å²) in [5, 5.41) is 2.64. The largest absolute Gasteiger partial charge is 0.356 e. The number of piperidine rings is 1. The number of nitrogens with one attached hydrogen (secondary N) is 1. The maximum atomic E-state index is 14.0. The predicted octanol–water partition coefficient (Wildman–Crippen LogP) is 0.946. The zero-order valence-electron chi connectivity index (χ0n) is 8.98. The number of carbonyl (C=O) groups is 1. The van der Waals surface area contributed by atoms with Crippen LogP contribution in [0.15, 0.2) is 0 Å². The van der Waals surface area contributed by atoms with Crippen molar-refractivity contribution < 1.29 is 9.18 Å². The van der Waals surface area contributed by atoms with Crippen molar-refractivity contribution in [2.24, 2.45) is 0 Å². The molecule has 1 amide bonds. The Morgan fingerprint density at radius 1 is 1.50 bits per heavy atom. The first kappa shape index (κ1) is 11.4. The van der Waals surface area contributed by atoms with Gasteiger partial charge in [-0.05, 0) is 26.8 Å². The van der Waals surface area contributed by atoms with E-state index in [0.717, 1.165) is 13.1 Å². The molecule has 1 aliphatic rings. The molecule has 1 N–H and O–H groups in total. The Hall–Kier alpha value is -0.640. The Kier molecular flexibility index (Phi) is 3.86. The molecule has 0 unspecified atom stereocenters. The molecular weight excluding hydrogens is 183 g/mol. The number of likely N-dealkylation sites (tertiary alicyclic amines) is 1. The Balaban J connectivity index is 2.38. The van der Waals surface area contributed by atoms with E-state index in [0.29, 0.717) is 19.4 Å². The number of nitrogens with zero attached hydrogens (tertiary/aromatic N) is 1. The average molecular weight is 202 g/mol. The molecule has 1 saturated heterocycles. The van der Waals surface area contributed by atoms with Crippen molar-refractivity contribution in [3.63, 3.8) is 0 Å². The summed E-state index contributed by atoms with van der Waals surface area (Å²) in [7, 11) is 1.98. The van der Waals surface area contributed by atoms with E-state index in [1.807, 2.05) is 14.0 Å². The fraction of sp³-hybridized carbons (Fsp3) is 0.900. The normalized spacial score (nSPS) is 21.9. The van der Waals surface area contributed by atoms with Gasteiger partial charge in [-0.15, -0.1) is 0 Å². The van der Waals surface area contributed by atoms with Crippen LogP contribution in [0.1, 0.15) is 26.2 Å². The third-order valence-corrected chi connectivity index (χ3v) is 2.73. The van der Waals surface area contributed by atoms with Crippen LogP contribution in [0.4, 0.5) is 4.39 Å². The minimum absolute atomic E-state index is 0.0225. The van der Waals surface area contributed by atoms with Crippen LogP contribution >= 0.6 is 0 Å². The van der Waals surface area contributed by atoms with Crippen LogP contribution in [0.5, 0.6) is 0 Å². The minimum Gasteiger partial charge on any atom is -0.356 e. The van der Waals surface area contributed by atoms with Crippen molar-refractivity contribution in [3.05, 3.63) is 0 Å². The van der Waals surface area contributed by atoms with Crippen LogP contribution in [0.3, 0.4) is 0 Å². The first-order valence-corrected chi connectivity index (χ1v) is 5.20. The topological polar surface area (TPSA) is 32.3 Å². The molecule has 0 aromatic rings. The SMILES string of the molecule is CCNC(=O)CC1(F)CCN(C)CC1. The molecule has 0 aliphatic carbocycles. The van der Waals surface area contributed by atoms with Gasteiger partial charge in [-0.3, -0.25) is 4.79 Å². The maximum absolute atomic E-state index is 14.0. The second kappa shape index (κ2) is 4.73. The van der Waals surface area contributed by atoms with Gasteiger partial charge in [0.25, 0.3) is 0 Å². The smallest absolute Gasteiger partial charge is 0.223 e. The Morgan fingerprint density at radius 3 is 2.57 bits per heavy atom. The van der Waals surface area contributed by atoms with E-state index < -0.39 is 5.67 Å². The molecule has 0 saturated carbocycles. The Labute approximate surface area is 84.7 Å². The van der Waals surface area contributed by atoms with Crippen LogP contribution in [0.25, 0.3) is 0 Å². The third-order valence-electron chi connectivity index (χ3n) is 2.73. The number of carbonyl (C=O) groups excluding carboxylic acids is 1. The van der Waals surface area contributed by atoms with Crippen LogP contribution in [0.2, 0.25) is 0 Å². The highest BCUT2D eigenvalue weighted by Crippen LogP contribution is 2.29. The molecule has 0 atom stereocenters. The van der Waals surface area contributed by atoms with E-state index in [4.69, 9.17) is 0 Å². The van der Waals surface area contributed by atoms with Gasteiger partial charge in [0.05, 0.1) is 6.42 Å². The summed E-state index contributed by atoms with van der Waals surface area (Å²) in [6.07, 6.45) is 0.968. The summed E-state index contributed by atoms with van der Waals surface area (Å²) in [6.45, 7) is 3.91. The highest BCUT2D eigenvalue weighted by molar-refractivity contribution is 5.76. The molecule has 82 valence electrons. The quantitative estimate of drug-likeness (QED) is 0.739. The number of alkyl halides is 1. The predicted molar refractivity (Wildman–Crippen MR) is 53.9 cm³/mol. The van der Waals surface area contributed by atoms with Gasteiger partial charge >= 0.3 is 0 Å².